The maximum absolute atomic E-state index is 5.62. The lowest BCUT2D eigenvalue weighted by Gasteiger charge is -2.34. The number of hydrogen-bond donors (Lipinski definition) is 0. The molecule has 1 aromatic rings. The molecule has 1 aliphatic rings. The Hall–Kier alpha value is -0.900. The van der Waals surface area contributed by atoms with Gasteiger partial charge in [0.05, 0.1) is 12.7 Å². The zero-order chi connectivity index (χ0) is 14.2. The van der Waals surface area contributed by atoms with Crippen molar-refractivity contribution in [2.45, 2.75) is 26.4 Å². The predicted octanol–water partition coefficient (Wildman–Crippen LogP) is 2.27. The number of nitrogens with zero attached hydrogens (tertiary/aromatic N) is 2. The summed E-state index contributed by atoms with van der Waals surface area (Å²) in [6.07, 6.45) is 1.51. The van der Waals surface area contributed by atoms with E-state index in [0.29, 0.717) is 6.10 Å². The summed E-state index contributed by atoms with van der Waals surface area (Å²) in [5.74, 6) is 0. The molecule has 20 heavy (non-hydrogen) atoms. The van der Waals surface area contributed by atoms with Crippen LogP contribution in [0.1, 0.15) is 19.4 Å². The third kappa shape index (κ3) is 5.61. The molecular weight excluding hydrogens is 248 g/mol. The molecule has 3 heteroatoms. The topological polar surface area (TPSA) is 15.7 Å². The van der Waals surface area contributed by atoms with Gasteiger partial charge in [0, 0.05) is 39.3 Å². The van der Waals surface area contributed by atoms with Crippen LogP contribution in [0.4, 0.5) is 0 Å². The lowest BCUT2D eigenvalue weighted by Crippen LogP contribution is -2.47. The van der Waals surface area contributed by atoms with Crippen molar-refractivity contribution in [3.63, 3.8) is 0 Å². The van der Waals surface area contributed by atoms with Gasteiger partial charge in [-0.2, -0.15) is 0 Å². The van der Waals surface area contributed by atoms with Crippen LogP contribution in [0, 0.1) is 0 Å². The average molecular weight is 276 g/mol. The smallest absolute Gasteiger partial charge is 0.0596 e. The maximum Gasteiger partial charge on any atom is 0.0596 e. The van der Waals surface area contributed by atoms with Crippen LogP contribution in [0.5, 0.6) is 0 Å². The SMILES string of the molecule is CC(C)OCCN1CCN(CCc2ccccc2)CC1. The van der Waals surface area contributed by atoms with Crippen molar-refractivity contribution in [1.82, 2.24) is 9.80 Å². The molecule has 0 aliphatic carbocycles. The molecule has 0 bridgehead atoms. The summed E-state index contributed by atoms with van der Waals surface area (Å²) < 4.78 is 5.62. The number of ether oxygens (including phenoxy) is 1. The van der Waals surface area contributed by atoms with Crippen LogP contribution >= 0.6 is 0 Å². The third-order valence-corrected chi connectivity index (χ3v) is 3.88. The fraction of sp³-hybridized carbons (Fsp3) is 0.647. The van der Waals surface area contributed by atoms with Crippen molar-refractivity contribution >= 4 is 0 Å². The monoisotopic (exact) mass is 276 g/mol. The lowest BCUT2D eigenvalue weighted by atomic mass is 10.1. The van der Waals surface area contributed by atoms with E-state index in [-0.39, 0.29) is 0 Å². The summed E-state index contributed by atoms with van der Waals surface area (Å²) in [5, 5.41) is 0. The van der Waals surface area contributed by atoms with Gasteiger partial charge in [-0.25, -0.2) is 0 Å². The zero-order valence-electron chi connectivity index (χ0n) is 12.9. The molecule has 2 rings (SSSR count). The number of benzene rings is 1. The van der Waals surface area contributed by atoms with Crippen molar-refractivity contribution in [3.05, 3.63) is 35.9 Å². The molecule has 0 unspecified atom stereocenters. The summed E-state index contributed by atoms with van der Waals surface area (Å²) in [6.45, 7) is 12.0. The van der Waals surface area contributed by atoms with Gasteiger partial charge in [0.15, 0.2) is 0 Å². The molecule has 1 fully saturated rings. The van der Waals surface area contributed by atoms with E-state index in [9.17, 15) is 0 Å². The van der Waals surface area contributed by atoms with Gasteiger partial charge in [0.25, 0.3) is 0 Å². The first-order valence-electron chi connectivity index (χ1n) is 7.84. The van der Waals surface area contributed by atoms with Crippen LogP contribution in [-0.2, 0) is 11.2 Å². The highest BCUT2D eigenvalue weighted by Gasteiger charge is 2.16. The molecule has 1 heterocycles. The first-order chi connectivity index (χ1) is 9.74. The highest BCUT2D eigenvalue weighted by Crippen LogP contribution is 2.05. The van der Waals surface area contributed by atoms with Gasteiger partial charge in [0.2, 0.25) is 0 Å². The summed E-state index contributed by atoms with van der Waals surface area (Å²) in [4.78, 5) is 5.09. The van der Waals surface area contributed by atoms with Crippen LogP contribution in [0.3, 0.4) is 0 Å². The molecule has 0 atom stereocenters. The van der Waals surface area contributed by atoms with E-state index in [4.69, 9.17) is 4.74 Å². The highest BCUT2D eigenvalue weighted by molar-refractivity contribution is 5.14. The fourth-order valence-corrected chi connectivity index (χ4v) is 2.59. The van der Waals surface area contributed by atoms with Crippen LogP contribution in [0.25, 0.3) is 0 Å². The number of rotatable bonds is 7. The van der Waals surface area contributed by atoms with Crippen molar-refractivity contribution in [2.75, 3.05) is 45.9 Å². The Balaban J connectivity index is 1.59. The summed E-state index contributed by atoms with van der Waals surface area (Å²) >= 11 is 0. The lowest BCUT2D eigenvalue weighted by molar-refractivity contribution is 0.0450. The first-order valence-corrected chi connectivity index (χ1v) is 7.84. The Morgan fingerprint density at radius 1 is 0.950 bits per heavy atom. The van der Waals surface area contributed by atoms with Crippen molar-refractivity contribution < 1.29 is 4.74 Å². The van der Waals surface area contributed by atoms with Gasteiger partial charge in [-0.05, 0) is 25.8 Å². The van der Waals surface area contributed by atoms with E-state index in [0.717, 1.165) is 19.6 Å². The second-order valence-corrected chi connectivity index (χ2v) is 5.84. The van der Waals surface area contributed by atoms with E-state index >= 15 is 0 Å². The van der Waals surface area contributed by atoms with Gasteiger partial charge in [-0.3, -0.25) is 4.90 Å². The summed E-state index contributed by atoms with van der Waals surface area (Å²) in [7, 11) is 0. The minimum absolute atomic E-state index is 0.349. The Morgan fingerprint density at radius 2 is 1.55 bits per heavy atom. The van der Waals surface area contributed by atoms with Crippen LogP contribution in [-0.4, -0.2) is 61.8 Å². The molecule has 0 spiro atoms. The normalized spacial score (nSPS) is 17.8. The Kier molecular flexibility index (Phi) is 6.51. The molecule has 0 radical (unpaired) electrons. The van der Waals surface area contributed by atoms with Crippen molar-refractivity contribution in [2.24, 2.45) is 0 Å². The zero-order valence-corrected chi connectivity index (χ0v) is 12.9. The summed E-state index contributed by atoms with van der Waals surface area (Å²) in [5.41, 5.74) is 1.44. The van der Waals surface area contributed by atoms with Gasteiger partial charge >= 0.3 is 0 Å². The second-order valence-electron chi connectivity index (χ2n) is 5.84. The highest BCUT2D eigenvalue weighted by atomic mass is 16.5. The largest absolute Gasteiger partial charge is 0.377 e. The molecule has 0 saturated carbocycles. The van der Waals surface area contributed by atoms with Gasteiger partial charge in [-0.1, -0.05) is 30.3 Å². The first kappa shape index (κ1) is 15.5. The Bertz CT molecular complexity index is 359. The second kappa shape index (κ2) is 8.40. The van der Waals surface area contributed by atoms with Gasteiger partial charge in [-0.15, -0.1) is 0 Å². The van der Waals surface area contributed by atoms with E-state index in [1.54, 1.807) is 0 Å². The quantitative estimate of drug-likeness (QED) is 0.760. The molecule has 0 aromatic heterocycles. The average Bonchev–Trinajstić information content (AvgIpc) is 2.47. The van der Waals surface area contributed by atoms with Crippen LogP contribution in [0.2, 0.25) is 0 Å². The summed E-state index contributed by atoms with van der Waals surface area (Å²) in [6, 6.07) is 10.8. The van der Waals surface area contributed by atoms with Gasteiger partial charge in [0.1, 0.15) is 0 Å². The molecule has 112 valence electrons. The molecule has 1 aromatic carbocycles. The molecule has 1 aliphatic heterocycles. The minimum atomic E-state index is 0.349. The molecule has 0 N–H and O–H groups in total. The minimum Gasteiger partial charge on any atom is -0.377 e. The maximum atomic E-state index is 5.62. The van der Waals surface area contributed by atoms with E-state index in [1.165, 1.54) is 38.3 Å². The third-order valence-electron chi connectivity index (χ3n) is 3.88. The van der Waals surface area contributed by atoms with Crippen LogP contribution in [0.15, 0.2) is 30.3 Å². The number of piperazine rings is 1. The number of hydrogen-bond acceptors (Lipinski definition) is 3. The van der Waals surface area contributed by atoms with E-state index in [1.807, 2.05) is 0 Å². The fourth-order valence-electron chi connectivity index (χ4n) is 2.59. The molecule has 3 nitrogen and oxygen atoms in total. The standard InChI is InChI=1S/C17H28N2O/c1-16(2)20-15-14-19-12-10-18(11-13-19)9-8-17-6-4-3-5-7-17/h3-7,16H,8-15H2,1-2H3. The van der Waals surface area contributed by atoms with E-state index in [2.05, 4.69) is 54.0 Å². The van der Waals surface area contributed by atoms with Crippen molar-refractivity contribution in [3.8, 4) is 0 Å². The van der Waals surface area contributed by atoms with E-state index < -0.39 is 0 Å². The van der Waals surface area contributed by atoms with Crippen molar-refractivity contribution in [1.29, 1.82) is 0 Å². The predicted molar refractivity (Wildman–Crippen MR) is 84.1 cm³/mol. The molecule has 1 saturated heterocycles. The van der Waals surface area contributed by atoms with Gasteiger partial charge < -0.3 is 9.64 Å². The molecule has 0 amide bonds. The van der Waals surface area contributed by atoms with Crippen LogP contribution < -0.4 is 0 Å². The Morgan fingerprint density at radius 3 is 2.15 bits per heavy atom. The Labute approximate surface area is 123 Å². The molecular formula is C17H28N2O.